The summed E-state index contributed by atoms with van der Waals surface area (Å²) in [5.41, 5.74) is 0. The van der Waals surface area contributed by atoms with Crippen LogP contribution in [0.1, 0.15) is 19.8 Å². The van der Waals surface area contributed by atoms with Crippen molar-refractivity contribution in [1.29, 1.82) is 0 Å². The minimum Gasteiger partial charge on any atom is -0.493 e. The zero-order chi connectivity index (χ0) is 17.9. The number of piperidine rings is 1. The van der Waals surface area contributed by atoms with E-state index in [0.717, 1.165) is 25.9 Å². The van der Waals surface area contributed by atoms with Gasteiger partial charge in [-0.05, 0) is 58.0 Å². The Morgan fingerprint density at radius 3 is 2.29 bits per heavy atom. The number of methoxy groups -OCH3 is 2. The van der Waals surface area contributed by atoms with Gasteiger partial charge in [0.15, 0.2) is 11.5 Å². The maximum absolute atomic E-state index is 13.0. The van der Waals surface area contributed by atoms with Crippen molar-refractivity contribution in [2.24, 2.45) is 5.92 Å². The Kier molecular flexibility index (Phi) is 6.11. The van der Waals surface area contributed by atoms with Gasteiger partial charge in [-0.3, -0.25) is 0 Å². The van der Waals surface area contributed by atoms with Gasteiger partial charge in [-0.2, -0.15) is 4.31 Å². The molecule has 24 heavy (non-hydrogen) atoms. The van der Waals surface area contributed by atoms with Crippen molar-refractivity contribution in [3.63, 3.8) is 0 Å². The summed E-state index contributed by atoms with van der Waals surface area (Å²) >= 11 is 0. The molecule has 0 unspecified atom stereocenters. The van der Waals surface area contributed by atoms with Crippen molar-refractivity contribution in [1.82, 2.24) is 9.21 Å². The van der Waals surface area contributed by atoms with Crippen LogP contribution in [-0.2, 0) is 10.0 Å². The second-order valence-corrected chi connectivity index (χ2v) is 8.42. The lowest BCUT2D eigenvalue weighted by Gasteiger charge is -2.36. The molecule has 1 saturated heterocycles. The van der Waals surface area contributed by atoms with Gasteiger partial charge >= 0.3 is 0 Å². The van der Waals surface area contributed by atoms with Crippen molar-refractivity contribution in [2.45, 2.75) is 30.7 Å². The van der Waals surface area contributed by atoms with Gasteiger partial charge in [0.25, 0.3) is 0 Å². The number of ether oxygens (including phenoxy) is 2. The molecule has 6 nitrogen and oxygen atoms in total. The van der Waals surface area contributed by atoms with Crippen LogP contribution in [-0.4, -0.2) is 65.1 Å². The minimum absolute atomic E-state index is 0.0446. The summed E-state index contributed by atoms with van der Waals surface area (Å²) in [7, 11) is 3.22. The first-order valence-corrected chi connectivity index (χ1v) is 9.64. The molecule has 2 rings (SSSR count). The monoisotopic (exact) mass is 356 g/mol. The lowest BCUT2D eigenvalue weighted by molar-refractivity contribution is 0.165. The fourth-order valence-corrected chi connectivity index (χ4v) is 4.61. The fraction of sp³-hybridized carbons (Fsp3) is 0.647. The summed E-state index contributed by atoms with van der Waals surface area (Å²) in [4.78, 5) is 2.51. The SMILES string of the molecule is COc1ccc(S(=O)(=O)N(C)[C@H](C)C2CCN(C)CC2)cc1OC. The first-order chi connectivity index (χ1) is 11.3. The molecule has 1 heterocycles. The molecule has 0 radical (unpaired) electrons. The Labute approximate surface area is 145 Å². The van der Waals surface area contributed by atoms with Gasteiger partial charge in [0.1, 0.15) is 0 Å². The molecule has 0 spiro atoms. The Balaban J connectivity index is 2.22. The maximum atomic E-state index is 13.0. The van der Waals surface area contributed by atoms with Gasteiger partial charge in [0.05, 0.1) is 19.1 Å². The molecule has 7 heteroatoms. The van der Waals surface area contributed by atoms with E-state index in [9.17, 15) is 8.42 Å². The second-order valence-electron chi connectivity index (χ2n) is 6.42. The van der Waals surface area contributed by atoms with Crippen LogP contribution in [0.4, 0.5) is 0 Å². The molecule has 0 bridgehead atoms. The highest BCUT2D eigenvalue weighted by molar-refractivity contribution is 7.89. The third-order valence-corrected chi connectivity index (χ3v) is 6.99. The zero-order valence-corrected chi connectivity index (χ0v) is 16.0. The minimum atomic E-state index is -3.57. The van der Waals surface area contributed by atoms with Crippen LogP contribution in [0.25, 0.3) is 0 Å². The summed E-state index contributed by atoms with van der Waals surface area (Å²) in [6.07, 6.45) is 2.03. The van der Waals surface area contributed by atoms with E-state index < -0.39 is 10.0 Å². The molecule has 1 atom stereocenters. The first-order valence-electron chi connectivity index (χ1n) is 8.20. The van der Waals surface area contributed by atoms with Crippen molar-refractivity contribution in [3.8, 4) is 11.5 Å². The molecule has 0 aliphatic carbocycles. The molecule has 1 aliphatic heterocycles. The number of rotatable bonds is 6. The van der Waals surface area contributed by atoms with Crippen LogP contribution in [0.15, 0.2) is 23.1 Å². The van der Waals surface area contributed by atoms with Gasteiger partial charge in [0.2, 0.25) is 10.0 Å². The summed E-state index contributed by atoms with van der Waals surface area (Å²) in [6, 6.07) is 4.66. The molecule has 0 N–H and O–H groups in total. The van der Waals surface area contributed by atoms with Crippen molar-refractivity contribution in [3.05, 3.63) is 18.2 Å². The Morgan fingerprint density at radius 1 is 1.17 bits per heavy atom. The number of nitrogens with zero attached hydrogens (tertiary/aromatic N) is 2. The van der Waals surface area contributed by atoms with E-state index in [1.807, 2.05) is 6.92 Å². The average Bonchev–Trinajstić information content (AvgIpc) is 2.60. The van der Waals surface area contributed by atoms with E-state index >= 15 is 0 Å². The van der Waals surface area contributed by atoms with Gasteiger partial charge in [-0.15, -0.1) is 0 Å². The lowest BCUT2D eigenvalue weighted by Crippen LogP contribution is -2.44. The molecule has 1 aromatic carbocycles. The van der Waals surface area contributed by atoms with Gasteiger partial charge < -0.3 is 14.4 Å². The van der Waals surface area contributed by atoms with Crippen molar-refractivity contribution < 1.29 is 17.9 Å². The van der Waals surface area contributed by atoms with E-state index in [-0.39, 0.29) is 10.9 Å². The van der Waals surface area contributed by atoms with Gasteiger partial charge in [-0.1, -0.05) is 0 Å². The smallest absolute Gasteiger partial charge is 0.243 e. The Morgan fingerprint density at radius 2 is 1.75 bits per heavy atom. The molecule has 1 aliphatic rings. The number of likely N-dealkylation sites (tertiary alicyclic amines) is 1. The third kappa shape index (κ3) is 3.84. The highest BCUT2D eigenvalue weighted by atomic mass is 32.2. The quantitative estimate of drug-likeness (QED) is 0.781. The molecule has 136 valence electrons. The first kappa shape index (κ1) is 19.0. The van der Waals surface area contributed by atoms with Crippen LogP contribution < -0.4 is 9.47 Å². The van der Waals surface area contributed by atoms with Crippen molar-refractivity contribution in [2.75, 3.05) is 41.4 Å². The van der Waals surface area contributed by atoms with Gasteiger partial charge in [0, 0.05) is 19.2 Å². The van der Waals surface area contributed by atoms with Crippen LogP contribution in [0.5, 0.6) is 11.5 Å². The summed E-state index contributed by atoms with van der Waals surface area (Å²) < 4.78 is 37.8. The molecule has 1 aromatic rings. The maximum Gasteiger partial charge on any atom is 0.243 e. The van der Waals surface area contributed by atoms with Crippen LogP contribution in [0.2, 0.25) is 0 Å². The number of hydrogen-bond acceptors (Lipinski definition) is 5. The summed E-state index contributed by atoms with van der Waals surface area (Å²) in [5.74, 6) is 1.31. The molecular weight excluding hydrogens is 328 g/mol. The standard InChI is InChI=1S/C17H28N2O4S/c1-13(14-8-10-18(2)11-9-14)19(3)24(20,21)15-6-7-16(22-4)17(12-15)23-5/h6-7,12-14H,8-11H2,1-5H3/t13-/m1/s1. The normalized spacial score (nSPS) is 18.6. The Hall–Kier alpha value is -1.31. The predicted molar refractivity (Wildman–Crippen MR) is 94.2 cm³/mol. The molecule has 1 fully saturated rings. The Bertz CT molecular complexity index is 655. The lowest BCUT2D eigenvalue weighted by atomic mass is 9.91. The number of benzene rings is 1. The summed E-state index contributed by atoms with van der Waals surface area (Å²) in [6.45, 7) is 4.02. The molecule has 0 amide bonds. The van der Waals surface area contributed by atoms with E-state index in [1.54, 1.807) is 19.2 Å². The number of hydrogen-bond donors (Lipinski definition) is 0. The largest absolute Gasteiger partial charge is 0.493 e. The van der Waals surface area contributed by atoms with E-state index in [0.29, 0.717) is 17.4 Å². The van der Waals surface area contributed by atoms with Crippen LogP contribution >= 0.6 is 0 Å². The highest BCUT2D eigenvalue weighted by Gasteiger charge is 2.32. The highest BCUT2D eigenvalue weighted by Crippen LogP contribution is 2.32. The van der Waals surface area contributed by atoms with Crippen molar-refractivity contribution >= 4 is 10.0 Å². The topological polar surface area (TPSA) is 59.1 Å². The molecular formula is C17H28N2O4S. The van der Waals surface area contributed by atoms with Gasteiger partial charge in [-0.25, -0.2) is 8.42 Å². The van der Waals surface area contributed by atoms with E-state index in [1.165, 1.54) is 24.6 Å². The van der Waals surface area contributed by atoms with Crippen LogP contribution in [0, 0.1) is 5.92 Å². The van der Waals surface area contributed by atoms with E-state index in [2.05, 4.69) is 11.9 Å². The average molecular weight is 356 g/mol. The van der Waals surface area contributed by atoms with Crippen LogP contribution in [0.3, 0.4) is 0 Å². The number of sulfonamides is 1. The predicted octanol–water partition coefficient (Wildman–Crippen LogP) is 2.05. The molecule has 0 aromatic heterocycles. The third-order valence-electron chi connectivity index (χ3n) is 5.05. The van der Waals surface area contributed by atoms with E-state index in [4.69, 9.17) is 9.47 Å². The summed E-state index contributed by atoms with van der Waals surface area (Å²) in [5, 5.41) is 0. The second kappa shape index (κ2) is 7.72. The molecule has 0 saturated carbocycles. The zero-order valence-electron chi connectivity index (χ0n) is 15.2. The fourth-order valence-electron chi connectivity index (χ4n) is 3.17.